The molecule has 1 N–H and O–H groups in total. The van der Waals surface area contributed by atoms with Crippen LogP contribution < -0.4 is 5.32 Å². The Morgan fingerprint density at radius 1 is 1.39 bits per heavy atom. The molecule has 0 atom stereocenters. The van der Waals surface area contributed by atoms with Crippen LogP contribution in [0.15, 0.2) is 28.7 Å². The van der Waals surface area contributed by atoms with E-state index in [4.69, 9.17) is 11.6 Å². The normalized spacial score (nSPS) is 10.9. The zero-order valence-corrected chi connectivity index (χ0v) is 12.7. The van der Waals surface area contributed by atoms with Crippen LogP contribution in [-0.2, 0) is 20.1 Å². The second kappa shape index (κ2) is 5.87. The molecule has 2 aromatic rings. The van der Waals surface area contributed by atoms with E-state index in [2.05, 4.69) is 32.4 Å². The molecule has 0 unspecified atom stereocenters. The number of hydrogen-bond acceptors (Lipinski definition) is 2. The summed E-state index contributed by atoms with van der Waals surface area (Å²) in [5.74, 6) is 0. The fraction of sp³-hybridized carbons (Fsp3) is 0.308. The summed E-state index contributed by atoms with van der Waals surface area (Å²) in [6, 6.07) is 7.87. The topological polar surface area (TPSA) is 29.9 Å². The first-order valence-electron chi connectivity index (χ1n) is 5.71. The van der Waals surface area contributed by atoms with Crippen LogP contribution in [0.2, 0.25) is 5.02 Å². The predicted octanol–water partition coefficient (Wildman–Crippen LogP) is 3.43. The zero-order chi connectivity index (χ0) is 13.1. The third kappa shape index (κ3) is 3.13. The van der Waals surface area contributed by atoms with Gasteiger partial charge < -0.3 is 5.32 Å². The van der Waals surface area contributed by atoms with Crippen molar-refractivity contribution in [1.29, 1.82) is 0 Å². The third-order valence-electron chi connectivity index (χ3n) is 2.77. The van der Waals surface area contributed by atoms with E-state index in [-0.39, 0.29) is 0 Å². The molecular formula is C13H15BrClN3. The van der Waals surface area contributed by atoms with Gasteiger partial charge in [-0.05, 0) is 40.5 Å². The Morgan fingerprint density at radius 2 is 2.17 bits per heavy atom. The fourth-order valence-corrected chi connectivity index (χ4v) is 2.53. The van der Waals surface area contributed by atoms with Gasteiger partial charge in [0.1, 0.15) is 0 Å². The number of aromatic nitrogens is 2. The smallest absolute Gasteiger partial charge is 0.0739 e. The lowest BCUT2D eigenvalue weighted by Gasteiger charge is -2.06. The van der Waals surface area contributed by atoms with E-state index in [1.807, 2.05) is 36.9 Å². The first-order valence-corrected chi connectivity index (χ1v) is 6.88. The Kier molecular flexibility index (Phi) is 4.43. The van der Waals surface area contributed by atoms with Crippen LogP contribution in [0.4, 0.5) is 0 Å². The van der Waals surface area contributed by atoms with Crippen LogP contribution >= 0.6 is 27.5 Å². The summed E-state index contributed by atoms with van der Waals surface area (Å²) in [4.78, 5) is 0. The lowest BCUT2D eigenvalue weighted by molar-refractivity contribution is 0.623. The molecule has 5 heteroatoms. The quantitative estimate of drug-likeness (QED) is 0.932. The van der Waals surface area contributed by atoms with Crippen LogP contribution in [0.5, 0.6) is 0 Å². The molecule has 18 heavy (non-hydrogen) atoms. The first kappa shape index (κ1) is 13.6. The Labute approximate surface area is 120 Å². The summed E-state index contributed by atoms with van der Waals surface area (Å²) in [6.07, 6.45) is 0. The number of benzene rings is 1. The van der Waals surface area contributed by atoms with Gasteiger partial charge in [0, 0.05) is 25.2 Å². The summed E-state index contributed by atoms with van der Waals surface area (Å²) in [5.41, 5.74) is 3.34. The molecule has 1 aromatic carbocycles. The van der Waals surface area contributed by atoms with E-state index in [1.54, 1.807) is 0 Å². The van der Waals surface area contributed by atoms with Gasteiger partial charge in [-0.1, -0.05) is 23.7 Å². The Morgan fingerprint density at radius 3 is 2.78 bits per heavy atom. The highest BCUT2D eigenvalue weighted by Gasteiger charge is 2.09. The van der Waals surface area contributed by atoms with Crippen LogP contribution in [0.25, 0.3) is 0 Å². The van der Waals surface area contributed by atoms with Crippen molar-refractivity contribution in [3.8, 4) is 0 Å². The average Bonchev–Trinajstić information content (AvgIpc) is 2.56. The van der Waals surface area contributed by atoms with E-state index >= 15 is 0 Å². The van der Waals surface area contributed by atoms with Crippen LogP contribution in [0.3, 0.4) is 0 Å². The Balaban J connectivity index is 1.96. The molecule has 1 aromatic heterocycles. The molecule has 96 valence electrons. The molecule has 0 fully saturated rings. The van der Waals surface area contributed by atoms with Crippen molar-refractivity contribution in [3.63, 3.8) is 0 Å². The van der Waals surface area contributed by atoms with Gasteiger partial charge in [-0.15, -0.1) is 0 Å². The van der Waals surface area contributed by atoms with Crippen molar-refractivity contribution in [3.05, 3.63) is 50.7 Å². The highest BCUT2D eigenvalue weighted by atomic mass is 79.9. The first-order chi connectivity index (χ1) is 8.58. The molecule has 1 heterocycles. The summed E-state index contributed by atoms with van der Waals surface area (Å²) in [7, 11) is 1.95. The predicted molar refractivity (Wildman–Crippen MR) is 77.6 cm³/mol. The van der Waals surface area contributed by atoms with Crippen molar-refractivity contribution in [2.24, 2.45) is 7.05 Å². The zero-order valence-electron chi connectivity index (χ0n) is 10.4. The van der Waals surface area contributed by atoms with Crippen molar-refractivity contribution >= 4 is 27.5 Å². The van der Waals surface area contributed by atoms with Crippen LogP contribution in [0.1, 0.15) is 17.0 Å². The maximum Gasteiger partial charge on any atom is 0.0739 e. The highest BCUT2D eigenvalue weighted by Crippen LogP contribution is 2.20. The highest BCUT2D eigenvalue weighted by molar-refractivity contribution is 9.10. The minimum atomic E-state index is 0.768. The molecule has 0 spiro atoms. The van der Waals surface area contributed by atoms with Gasteiger partial charge in [0.05, 0.1) is 15.9 Å². The van der Waals surface area contributed by atoms with Gasteiger partial charge in [0.15, 0.2) is 0 Å². The Bertz CT molecular complexity index is 551. The number of rotatable bonds is 4. The molecule has 0 radical (unpaired) electrons. The van der Waals surface area contributed by atoms with E-state index in [9.17, 15) is 0 Å². The minimum absolute atomic E-state index is 0.768. The van der Waals surface area contributed by atoms with Crippen molar-refractivity contribution < 1.29 is 0 Å². The van der Waals surface area contributed by atoms with Gasteiger partial charge in [0.2, 0.25) is 0 Å². The summed E-state index contributed by atoms with van der Waals surface area (Å²) in [6.45, 7) is 3.55. The lowest BCUT2D eigenvalue weighted by Crippen LogP contribution is -2.15. The van der Waals surface area contributed by atoms with Gasteiger partial charge in [-0.2, -0.15) is 5.10 Å². The molecule has 0 aliphatic heterocycles. The maximum atomic E-state index is 5.95. The van der Waals surface area contributed by atoms with E-state index in [0.29, 0.717) is 0 Å². The molecule has 0 aliphatic carbocycles. The molecular weight excluding hydrogens is 314 g/mol. The van der Waals surface area contributed by atoms with E-state index in [1.165, 1.54) is 5.56 Å². The van der Waals surface area contributed by atoms with Crippen molar-refractivity contribution in [2.45, 2.75) is 20.0 Å². The maximum absolute atomic E-state index is 5.95. The third-order valence-corrected chi connectivity index (χ3v) is 4.04. The summed E-state index contributed by atoms with van der Waals surface area (Å²) >= 11 is 9.50. The number of nitrogens with one attached hydrogen (secondary N) is 1. The molecule has 0 bridgehead atoms. The van der Waals surface area contributed by atoms with Gasteiger partial charge >= 0.3 is 0 Å². The second-order valence-corrected chi connectivity index (χ2v) is 5.43. The number of halogens is 2. The van der Waals surface area contributed by atoms with Gasteiger partial charge in [-0.3, -0.25) is 4.68 Å². The van der Waals surface area contributed by atoms with Gasteiger partial charge in [-0.25, -0.2) is 0 Å². The van der Waals surface area contributed by atoms with Crippen molar-refractivity contribution in [1.82, 2.24) is 15.1 Å². The molecule has 3 nitrogen and oxygen atoms in total. The van der Waals surface area contributed by atoms with Crippen molar-refractivity contribution in [2.75, 3.05) is 0 Å². The fourth-order valence-electron chi connectivity index (χ4n) is 1.84. The monoisotopic (exact) mass is 327 g/mol. The average molecular weight is 329 g/mol. The SMILES string of the molecule is Cc1nn(C)c(CNCc2cccc(Cl)c2)c1Br. The lowest BCUT2D eigenvalue weighted by atomic mass is 10.2. The molecule has 0 saturated carbocycles. The van der Waals surface area contributed by atoms with Crippen LogP contribution in [-0.4, -0.2) is 9.78 Å². The number of aryl methyl sites for hydroxylation is 2. The van der Waals surface area contributed by atoms with E-state index < -0.39 is 0 Å². The van der Waals surface area contributed by atoms with E-state index in [0.717, 1.165) is 34.0 Å². The van der Waals surface area contributed by atoms with Crippen LogP contribution in [0, 0.1) is 6.92 Å². The number of nitrogens with zero attached hydrogens (tertiary/aromatic N) is 2. The minimum Gasteiger partial charge on any atom is -0.307 e. The second-order valence-electron chi connectivity index (χ2n) is 4.20. The Hall–Kier alpha value is -0.840. The number of hydrogen-bond donors (Lipinski definition) is 1. The molecule has 0 amide bonds. The standard InChI is InChI=1S/C13H15BrClN3/c1-9-13(14)12(18(2)17-9)8-16-7-10-4-3-5-11(15)6-10/h3-6,16H,7-8H2,1-2H3. The van der Waals surface area contributed by atoms with Gasteiger partial charge in [0.25, 0.3) is 0 Å². The molecule has 0 saturated heterocycles. The molecule has 2 rings (SSSR count). The summed E-state index contributed by atoms with van der Waals surface area (Å²) < 4.78 is 2.97. The largest absolute Gasteiger partial charge is 0.307 e. The summed E-state index contributed by atoms with van der Waals surface area (Å²) in [5, 5.41) is 8.52. The molecule has 0 aliphatic rings.